The summed E-state index contributed by atoms with van der Waals surface area (Å²) in [5.74, 6) is 0.977. The van der Waals surface area contributed by atoms with Gasteiger partial charge in [-0.2, -0.15) is 0 Å². The van der Waals surface area contributed by atoms with E-state index in [0.717, 1.165) is 12.3 Å². The maximum atomic E-state index is 6.18. The van der Waals surface area contributed by atoms with Crippen LogP contribution < -0.4 is 0 Å². The molecule has 2 heteroatoms. The van der Waals surface area contributed by atoms with Gasteiger partial charge in [-0.05, 0) is 11.1 Å². The summed E-state index contributed by atoms with van der Waals surface area (Å²) < 4.78 is 6.18. The van der Waals surface area contributed by atoms with Gasteiger partial charge < -0.3 is 9.64 Å². The normalized spacial score (nSPS) is 18.0. The number of hydrogen-bond donors (Lipinski definition) is 0. The van der Waals surface area contributed by atoms with E-state index in [4.69, 9.17) is 4.74 Å². The van der Waals surface area contributed by atoms with E-state index in [9.17, 15) is 0 Å². The summed E-state index contributed by atoms with van der Waals surface area (Å²) in [6.45, 7) is 0. The molecule has 0 amide bonds. The zero-order valence-electron chi connectivity index (χ0n) is 11.9. The molecule has 2 nitrogen and oxygen atoms in total. The molecule has 0 fully saturated rings. The lowest BCUT2D eigenvalue weighted by atomic mass is 9.98. The molecule has 0 spiro atoms. The Bertz CT molecular complexity index is 602. The van der Waals surface area contributed by atoms with E-state index in [1.807, 2.05) is 26.2 Å². The molecule has 0 bridgehead atoms. The maximum absolute atomic E-state index is 6.18. The first-order valence-corrected chi connectivity index (χ1v) is 6.93. The van der Waals surface area contributed by atoms with Crippen molar-refractivity contribution in [3.63, 3.8) is 0 Å². The molecule has 1 atom stereocenters. The standard InChI is InChI=1S/C18H19NO/c1-19(2)18-16(14-9-5-3-6-10-14)13-17(20-18)15-11-7-4-8-12-15/h3-12,17H,13H2,1-2H3. The Morgan fingerprint density at radius 1 is 0.900 bits per heavy atom. The van der Waals surface area contributed by atoms with Crippen molar-refractivity contribution in [3.05, 3.63) is 77.7 Å². The van der Waals surface area contributed by atoms with Gasteiger partial charge in [-0.15, -0.1) is 0 Å². The molecule has 0 aromatic heterocycles. The van der Waals surface area contributed by atoms with E-state index in [1.54, 1.807) is 0 Å². The van der Waals surface area contributed by atoms with Crippen molar-refractivity contribution in [2.45, 2.75) is 12.5 Å². The predicted molar refractivity (Wildman–Crippen MR) is 81.9 cm³/mol. The van der Waals surface area contributed by atoms with Gasteiger partial charge in [0.15, 0.2) is 5.88 Å². The summed E-state index contributed by atoms with van der Waals surface area (Å²) in [5, 5.41) is 0. The van der Waals surface area contributed by atoms with Crippen LogP contribution in [0.1, 0.15) is 23.7 Å². The molecule has 0 saturated carbocycles. The van der Waals surface area contributed by atoms with Gasteiger partial charge in [0.05, 0.1) is 0 Å². The van der Waals surface area contributed by atoms with E-state index < -0.39 is 0 Å². The smallest absolute Gasteiger partial charge is 0.193 e. The van der Waals surface area contributed by atoms with Gasteiger partial charge in [0.2, 0.25) is 0 Å². The molecule has 3 rings (SSSR count). The van der Waals surface area contributed by atoms with Gasteiger partial charge in [-0.25, -0.2) is 0 Å². The second kappa shape index (κ2) is 5.41. The molecule has 0 radical (unpaired) electrons. The number of nitrogens with zero attached hydrogens (tertiary/aromatic N) is 1. The van der Waals surface area contributed by atoms with Gasteiger partial charge >= 0.3 is 0 Å². The van der Waals surface area contributed by atoms with E-state index in [-0.39, 0.29) is 6.10 Å². The molecule has 2 aromatic rings. The fourth-order valence-electron chi connectivity index (χ4n) is 2.63. The Balaban J connectivity index is 1.93. The van der Waals surface area contributed by atoms with E-state index >= 15 is 0 Å². The average molecular weight is 265 g/mol. The summed E-state index contributed by atoms with van der Waals surface area (Å²) in [4.78, 5) is 2.06. The summed E-state index contributed by atoms with van der Waals surface area (Å²) in [5.41, 5.74) is 3.76. The van der Waals surface area contributed by atoms with Crippen molar-refractivity contribution in [2.75, 3.05) is 14.1 Å². The van der Waals surface area contributed by atoms with Crippen LogP contribution in [0.15, 0.2) is 66.5 Å². The highest BCUT2D eigenvalue weighted by Gasteiger charge is 2.28. The number of hydrogen-bond acceptors (Lipinski definition) is 2. The minimum atomic E-state index is 0.115. The molecule has 20 heavy (non-hydrogen) atoms. The zero-order chi connectivity index (χ0) is 13.9. The zero-order valence-corrected chi connectivity index (χ0v) is 11.9. The fourth-order valence-corrected chi connectivity index (χ4v) is 2.63. The summed E-state index contributed by atoms with van der Waals surface area (Å²) in [6.07, 6.45) is 1.03. The van der Waals surface area contributed by atoms with Gasteiger partial charge in [0, 0.05) is 26.1 Å². The lowest BCUT2D eigenvalue weighted by molar-refractivity contribution is 0.0946. The van der Waals surface area contributed by atoms with Crippen LogP contribution in [0.2, 0.25) is 0 Å². The number of ether oxygens (including phenoxy) is 1. The average Bonchev–Trinajstić information content (AvgIpc) is 2.94. The fraction of sp³-hybridized carbons (Fsp3) is 0.222. The molecule has 1 aliphatic rings. The molecule has 1 unspecified atom stereocenters. The van der Waals surface area contributed by atoms with Crippen LogP contribution in [0.4, 0.5) is 0 Å². The van der Waals surface area contributed by atoms with Crippen molar-refractivity contribution in [3.8, 4) is 0 Å². The monoisotopic (exact) mass is 265 g/mol. The molecule has 0 N–H and O–H groups in total. The van der Waals surface area contributed by atoms with Gasteiger partial charge in [0.1, 0.15) is 6.10 Å². The molecule has 0 aliphatic carbocycles. The summed E-state index contributed by atoms with van der Waals surface area (Å²) in [6, 6.07) is 20.9. The van der Waals surface area contributed by atoms with Crippen molar-refractivity contribution in [1.29, 1.82) is 0 Å². The third-order valence-corrected chi connectivity index (χ3v) is 3.60. The Labute approximate surface area is 120 Å². The van der Waals surface area contributed by atoms with Crippen molar-refractivity contribution < 1.29 is 4.74 Å². The molecule has 102 valence electrons. The van der Waals surface area contributed by atoms with Crippen LogP contribution in [-0.2, 0) is 4.74 Å². The highest BCUT2D eigenvalue weighted by molar-refractivity contribution is 5.69. The molecule has 1 heterocycles. The van der Waals surface area contributed by atoms with Crippen molar-refractivity contribution >= 4 is 5.57 Å². The largest absolute Gasteiger partial charge is 0.470 e. The summed E-state index contributed by atoms with van der Waals surface area (Å²) in [7, 11) is 4.07. The number of benzene rings is 2. The van der Waals surface area contributed by atoms with Crippen LogP contribution in [0.5, 0.6) is 0 Å². The van der Waals surface area contributed by atoms with E-state index in [1.165, 1.54) is 16.7 Å². The maximum Gasteiger partial charge on any atom is 0.193 e. The second-order valence-corrected chi connectivity index (χ2v) is 5.27. The minimum Gasteiger partial charge on any atom is -0.470 e. The van der Waals surface area contributed by atoms with Gasteiger partial charge in [-0.3, -0.25) is 0 Å². The first-order valence-electron chi connectivity index (χ1n) is 6.93. The highest BCUT2D eigenvalue weighted by atomic mass is 16.5. The van der Waals surface area contributed by atoms with Crippen LogP contribution >= 0.6 is 0 Å². The Kier molecular flexibility index (Phi) is 3.46. The molecule has 2 aromatic carbocycles. The van der Waals surface area contributed by atoms with Crippen LogP contribution in [0, 0.1) is 0 Å². The van der Waals surface area contributed by atoms with E-state index in [0.29, 0.717) is 0 Å². The Hall–Kier alpha value is -2.22. The first kappa shape index (κ1) is 12.8. The quantitative estimate of drug-likeness (QED) is 0.829. The van der Waals surface area contributed by atoms with Crippen molar-refractivity contribution in [1.82, 2.24) is 4.90 Å². The van der Waals surface area contributed by atoms with Crippen LogP contribution in [0.3, 0.4) is 0 Å². The third-order valence-electron chi connectivity index (χ3n) is 3.60. The Morgan fingerprint density at radius 2 is 1.50 bits per heavy atom. The first-order chi connectivity index (χ1) is 9.75. The summed E-state index contributed by atoms with van der Waals surface area (Å²) >= 11 is 0. The highest BCUT2D eigenvalue weighted by Crippen LogP contribution is 2.41. The molecule has 1 aliphatic heterocycles. The second-order valence-electron chi connectivity index (χ2n) is 5.27. The predicted octanol–water partition coefficient (Wildman–Crippen LogP) is 4.08. The van der Waals surface area contributed by atoms with Crippen LogP contribution in [-0.4, -0.2) is 19.0 Å². The minimum absolute atomic E-state index is 0.115. The van der Waals surface area contributed by atoms with Crippen LogP contribution in [0.25, 0.3) is 5.57 Å². The van der Waals surface area contributed by atoms with Crippen molar-refractivity contribution in [2.24, 2.45) is 0 Å². The lowest BCUT2D eigenvalue weighted by Crippen LogP contribution is -2.13. The third kappa shape index (κ3) is 2.42. The van der Waals surface area contributed by atoms with Gasteiger partial charge in [0.25, 0.3) is 0 Å². The topological polar surface area (TPSA) is 12.5 Å². The molecular formula is C18H19NO. The number of rotatable bonds is 3. The molecule has 0 saturated heterocycles. The molecular weight excluding hydrogens is 246 g/mol. The Morgan fingerprint density at radius 3 is 2.10 bits per heavy atom. The lowest BCUT2D eigenvalue weighted by Gasteiger charge is -2.18. The van der Waals surface area contributed by atoms with Gasteiger partial charge in [-0.1, -0.05) is 60.7 Å². The SMILES string of the molecule is CN(C)C1=C(c2ccccc2)CC(c2ccccc2)O1. The van der Waals surface area contributed by atoms with E-state index in [2.05, 4.69) is 53.4 Å².